The minimum atomic E-state index is -0.583. The first-order valence-corrected chi connectivity index (χ1v) is 10.8. The molecule has 0 unspecified atom stereocenters. The van der Waals surface area contributed by atoms with Gasteiger partial charge in [-0.3, -0.25) is 0 Å². The molecule has 170 valence electrons. The average Bonchev–Trinajstić information content (AvgIpc) is 3.35. The predicted molar refractivity (Wildman–Crippen MR) is 124 cm³/mol. The van der Waals surface area contributed by atoms with Crippen LogP contribution in [0.3, 0.4) is 0 Å². The van der Waals surface area contributed by atoms with E-state index in [9.17, 15) is 0 Å². The highest BCUT2D eigenvalue weighted by molar-refractivity contribution is 5.85. The zero-order valence-corrected chi connectivity index (χ0v) is 18.5. The molecule has 1 aromatic heterocycles. The van der Waals surface area contributed by atoms with Crippen molar-refractivity contribution >= 4 is 11.6 Å². The standard InChI is InChI=1S/C26H21FN4O3/c1-32-15-11-12-18(21(13-15)33-2)25-22-23(17-8-4-6-10-20(17)34-25)30-26-28-14-29-31(26)24(22)16-7-3-5-9-19(16)27/h3-14,24-25H,1-2H3,(H,28,29,30)/t24-,25-/m0/s1. The fourth-order valence-corrected chi connectivity index (χ4v) is 4.71. The number of rotatable bonds is 4. The summed E-state index contributed by atoms with van der Waals surface area (Å²) in [6, 6.07) is 19.5. The van der Waals surface area contributed by atoms with Gasteiger partial charge in [-0.1, -0.05) is 30.3 Å². The van der Waals surface area contributed by atoms with Crippen molar-refractivity contribution in [2.75, 3.05) is 19.5 Å². The fourth-order valence-electron chi connectivity index (χ4n) is 4.71. The van der Waals surface area contributed by atoms with Gasteiger partial charge in [-0.2, -0.15) is 10.1 Å². The second-order valence-corrected chi connectivity index (χ2v) is 8.01. The number of hydrogen-bond donors (Lipinski definition) is 1. The zero-order chi connectivity index (χ0) is 23.2. The van der Waals surface area contributed by atoms with E-state index < -0.39 is 12.1 Å². The smallest absolute Gasteiger partial charge is 0.226 e. The number of ether oxygens (including phenoxy) is 3. The van der Waals surface area contributed by atoms with E-state index in [1.807, 2.05) is 48.5 Å². The molecule has 3 heterocycles. The van der Waals surface area contributed by atoms with E-state index in [0.29, 0.717) is 28.8 Å². The predicted octanol–water partition coefficient (Wildman–Crippen LogP) is 4.99. The van der Waals surface area contributed by atoms with E-state index in [1.54, 1.807) is 31.0 Å². The Morgan fingerprint density at radius 3 is 2.62 bits per heavy atom. The molecule has 0 bridgehead atoms. The lowest BCUT2D eigenvalue weighted by Gasteiger charge is -2.39. The van der Waals surface area contributed by atoms with Crippen LogP contribution in [0.15, 0.2) is 78.6 Å². The summed E-state index contributed by atoms with van der Waals surface area (Å²) in [6.45, 7) is 0. The van der Waals surface area contributed by atoms with E-state index in [-0.39, 0.29) is 5.82 Å². The number of hydrogen-bond acceptors (Lipinski definition) is 6. The summed E-state index contributed by atoms with van der Waals surface area (Å²) in [4.78, 5) is 4.38. The molecule has 0 radical (unpaired) electrons. The van der Waals surface area contributed by atoms with Gasteiger partial charge in [-0.15, -0.1) is 0 Å². The van der Waals surface area contributed by atoms with Crippen molar-refractivity contribution in [3.63, 3.8) is 0 Å². The quantitative estimate of drug-likeness (QED) is 0.466. The molecule has 4 aromatic rings. The van der Waals surface area contributed by atoms with Crippen molar-refractivity contribution in [2.45, 2.75) is 12.1 Å². The van der Waals surface area contributed by atoms with Gasteiger partial charge in [-0.05, 0) is 30.3 Å². The lowest BCUT2D eigenvalue weighted by molar-refractivity contribution is 0.217. The first-order valence-electron chi connectivity index (χ1n) is 10.8. The average molecular weight is 456 g/mol. The van der Waals surface area contributed by atoms with Crippen molar-refractivity contribution in [3.05, 3.63) is 101 Å². The third-order valence-corrected chi connectivity index (χ3v) is 6.24. The number of aromatic nitrogens is 3. The van der Waals surface area contributed by atoms with Crippen LogP contribution in [0, 0.1) is 5.82 Å². The topological polar surface area (TPSA) is 70.4 Å². The molecule has 0 saturated heterocycles. The van der Waals surface area contributed by atoms with Crippen LogP contribution in [0.4, 0.5) is 10.3 Å². The Hall–Kier alpha value is -4.33. The van der Waals surface area contributed by atoms with Crippen LogP contribution in [0.1, 0.15) is 28.8 Å². The Balaban J connectivity index is 1.64. The lowest BCUT2D eigenvalue weighted by Crippen LogP contribution is -2.33. The van der Waals surface area contributed by atoms with Crippen molar-refractivity contribution in [1.82, 2.24) is 14.8 Å². The molecule has 0 amide bonds. The van der Waals surface area contributed by atoms with Gasteiger partial charge in [0.2, 0.25) is 5.95 Å². The van der Waals surface area contributed by atoms with Gasteiger partial charge in [0.15, 0.2) is 6.10 Å². The first-order chi connectivity index (χ1) is 16.7. The number of para-hydroxylation sites is 1. The fraction of sp³-hybridized carbons (Fsp3) is 0.154. The van der Waals surface area contributed by atoms with E-state index in [4.69, 9.17) is 14.2 Å². The molecule has 34 heavy (non-hydrogen) atoms. The van der Waals surface area contributed by atoms with Gasteiger partial charge in [0.25, 0.3) is 0 Å². The normalized spacial score (nSPS) is 18.2. The summed E-state index contributed by atoms with van der Waals surface area (Å²) in [7, 11) is 3.21. The number of nitrogens with zero attached hydrogens (tertiary/aromatic N) is 3. The molecule has 2 aliphatic heterocycles. The van der Waals surface area contributed by atoms with E-state index in [0.717, 1.165) is 22.4 Å². The Morgan fingerprint density at radius 2 is 1.79 bits per heavy atom. The lowest BCUT2D eigenvalue weighted by atomic mass is 9.84. The molecular formula is C26H21FN4O3. The van der Waals surface area contributed by atoms with Gasteiger partial charge in [0.1, 0.15) is 35.4 Å². The summed E-state index contributed by atoms with van der Waals surface area (Å²) in [5, 5.41) is 7.85. The molecule has 7 nitrogen and oxygen atoms in total. The summed E-state index contributed by atoms with van der Waals surface area (Å²) in [5.41, 5.74) is 3.77. The third-order valence-electron chi connectivity index (χ3n) is 6.24. The molecule has 6 rings (SSSR count). The molecule has 3 aromatic carbocycles. The van der Waals surface area contributed by atoms with Gasteiger partial charge in [0, 0.05) is 28.3 Å². The van der Waals surface area contributed by atoms with Crippen molar-refractivity contribution < 1.29 is 18.6 Å². The minimum Gasteiger partial charge on any atom is -0.497 e. The molecule has 2 aliphatic rings. The van der Waals surface area contributed by atoms with Crippen molar-refractivity contribution in [1.29, 1.82) is 0 Å². The number of benzene rings is 3. The minimum absolute atomic E-state index is 0.331. The zero-order valence-electron chi connectivity index (χ0n) is 18.5. The van der Waals surface area contributed by atoms with Crippen LogP contribution < -0.4 is 19.5 Å². The molecule has 8 heteroatoms. The largest absolute Gasteiger partial charge is 0.497 e. The van der Waals surface area contributed by atoms with E-state index in [1.165, 1.54) is 12.4 Å². The molecule has 0 aliphatic carbocycles. The second kappa shape index (κ2) is 7.91. The Kier molecular flexibility index (Phi) is 4.72. The molecule has 0 saturated carbocycles. The maximum atomic E-state index is 15.2. The second-order valence-electron chi connectivity index (χ2n) is 8.01. The van der Waals surface area contributed by atoms with Gasteiger partial charge in [0.05, 0.1) is 19.9 Å². The van der Waals surface area contributed by atoms with Crippen LogP contribution in [0.25, 0.3) is 5.70 Å². The van der Waals surface area contributed by atoms with Gasteiger partial charge in [-0.25, -0.2) is 9.07 Å². The SMILES string of the molecule is COc1ccc([C@@H]2Oc3ccccc3C3=C2[C@H](c2ccccc2F)n2ncnc2N3)c(OC)c1. The van der Waals surface area contributed by atoms with Crippen molar-refractivity contribution in [2.24, 2.45) is 0 Å². The van der Waals surface area contributed by atoms with Gasteiger partial charge < -0.3 is 19.5 Å². The third kappa shape index (κ3) is 3.02. The summed E-state index contributed by atoms with van der Waals surface area (Å²) < 4.78 is 34.6. The molecular weight excluding hydrogens is 435 g/mol. The number of nitrogens with one attached hydrogen (secondary N) is 1. The Bertz CT molecular complexity index is 1430. The number of methoxy groups -OCH3 is 2. The van der Waals surface area contributed by atoms with E-state index in [2.05, 4.69) is 15.4 Å². The van der Waals surface area contributed by atoms with Crippen LogP contribution in [0.2, 0.25) is 0 Å². The van der Waals surface area contributed by atoms with Crippen LogP contribution in [-0.2, 0) is 0 Å². The Labute approximate surface area is 195 Å². The summed E-state index contributed by atoms with van der Waals surface area (Å²) >= 11 is 0. The number of fused-ring (bicyclic) bond motifs is 3. The number of anilines is 1. The molecule has 0 fully saturated rings. The molecule has 2 atom stereocenters. The van der Waals surface area contributed by atoms with Crippen LogP contribution in [0.5, 0.6) is 17.2 Å². The first kappa shape index (κ1) is 20.3. The Morgan fingerprint density at radius 1 is 0.971 bits per heavy atom. The highest BCUT2D eigenvalue weighted by Crippen LogP contribution is 2.52. The monoisotopic (exact) mass is 456 g/mol. The molecule has 1 N–H and O–H groups in total. The highest BCUT2D eigenvalue weighted by Gasteiger charge is 2.42. The molecule has 0 spiro atoms. The van der Waals surface area contributed by atoms with Gasteiger partial charge >= 0.3 is 0 Å². The highest BCUT2D eigenvalue weighted by atomic mass is 19.1. The van der Waals surface area contributed by atoms with E-state index >= 15 is 4.39 Å². The summed E-state index contributed by atoms with van der Waals surface area (Å²) in [5.74, 6) is 2.17. The maximum Gasteiger partial charge on any atom is 0.226 e. The number of halogens is 1. The van der Waals surface area contributed by atoms with Crippen molar-refractivity contribution in [3.8, 4) is 17.2 Å². The van der Waals surface area contributed by atoms with Crippen LogP contribution in [-0.4, -0.2) is 29.0 Å². The van der Waals surface area contributed by atoms with Crippen LogP contribution >= 0.6 is 0 Å². The summed E-state index contributed by atoms with van der Waals surface area (Å²) in [6.07, 6.45) is 0.880. The maximum absolute atomic E-state index is 15.2.